The standard InChI is InChI=1S/C16H25N3O/c1-12(2)19(9-7-16(17)18)11-15-14-6-4-3-5-13(14)8-10-20-15/h3-6,12,15H,7-11H2,1-2H3,(H3,17,18). The Balaban J connectivity index is 2.05. The fourth-order valence-electron chi connectivity index (χ4n) is 2.67. The van der Waals surface area contributed by atoms with Crippen LogP contribution in [0.1, 0.15) is 37.5 Å². The van der Waals surface area contributed by atoms with E-state index in [1.54, 1.807) is 0 Å². The molecule has 0 bridgehead atoms. The molecule has 0 aliphatic carbocycles. The van der Waals surface area contributed by atoms with Crippen LogP contribution in [0.25, 0.3) is 0 Å². The minimum absolute atomic E-state index is 0.134. The fraction of sp³-hybridized carbons (Fsp3) is 0.562. The van der Waals surface area contributed by atoms with Crippen molar-refractivity contribution in [2.75, 3.05) is 19.7 Å². The van der Waals surface area contributed by atoms with Crippen molar-refractivity contribution in [3.8, 4) is 0 Å². The molecular formula is C16H25N3O. The summed E-state index contributed by atoms with van der Waals surface area (Å²) in [7, 11) is 0. The molecule has 0 spiro atoms. The first kappa shape index (κ1) is 15.0. The van der Waals surface area contributed by atoms with Gasteiger partial charge in [0.25, 0.3) is 0 Å². The van der Waals surface area contributed by atoms with Crippen LogP contribution in [0.3, 0.4) is 0 Å². The highest BCUT2D eigenvalue weighted by atomic mass is 16.5. The Kier molecular flexibility index (Phi) is 5.15. The molecule has 0 aromatic heterocycles. The topological polar surface area (TPSA) is 62.3 Å². The summed E-state index contributed by atoms with van der Waals surface area (Å²) < 4.78 is 5.97. The SMILES string of the molecule is CC(C)N(CCC(=N)N)CC1OCCc2ccccc21. The smallest absolute Gasteiger partial charge is 0.0954 e. The second-order valence-electron chi connectivity index (χ2n) is 5.67. The molecule has 2 rings (SSSR count). The van der Waals surface area contributed by atoms with Gasteiger partial charge in [-0.2, -0.15) is 0 Å². The minimum atomic E-state index is 0.134. The molecule has 4 heteroatoms. The van der Waals surface area contributed by atoms with E-state index in [1.807, 2.05) is 0 Å². The lowest BCUT2D eigenvalue weighted by atomic mass is 9.97. The van der Waals surface area contributed by atoms with Gasteiger partial charge in [0.1, 0.15) is 0 Å². The highest BCUT2D eigenvalue weighted by Crippen LogP contribution is 2.28. The third-order valence-corrected chi connectivity index (χ3v) is 3.89. The monoisotopic (exact) mass is 275 g/mol. The van der Waals surface area contributed by atoms with E-state index in [1.165, 1.54) is 11.1 Å². The molecular weight excluding hydrogens is 250 g/mol. The molecule has 0 radical (unpaired) electrons. The summed E-state index contributed by atoms with van der Waals surface area (Å²) in [5.74, 6) is 0.251. The molecule has 110 valence electrons. The van der Waals surface area contributed by atoms with E-state index in [2.05, 4.69) is 43.0 Å². The molecule has 1 atom stereocenters. The van der Waals surface area contributed by atoms with E-state index in [-0.39, 0.29) is 11.9 Å². The van der Waals surface area contributed by atoms with Gasteiger partial charge in [-0.05, 0) is 31.4 Å². The van der Waals surface area contributed by atoms with E-state index in [0.29, 0.717) is 12.5 Å². The summed E-state index contributed by atoms with van der Waals surface area (Å²) in [6, 6.07) is 8.96. The summed E-state index contributed by atoms with van der Waals surface area (Å²) >= 11 is 0. The van der Waals surface area contributed by atoms with Crippen molar-refractivity contribution >= 4 is 5.84 Å². The maximum Gasteiger partial charge on any atom is 0.0954 e. The highest BCUT2D eigenvalue weighted by Gasteiger charge is 2.23. The third-order valence-electron chi connectivity index (χ3n) is 3.89. The van der Waals surface area contributed by atoms with Crippen LogP contribution >= 0.6 is 0 Å². The van der Waals surface area contributed by atoms with Gasteiger partial charge in [-0.15, -0.1) is 0 Å². The number of nitrogens with two attached hydrogens (primary N) is 1. The van der Waals surface area contributed by atoms with Crippen LogP contribution in [0, 0.1) is 5.41 Å². The lowest BCUT2D eigenvalue weighted by Gasteiger charge is -2.33. The van der Waals surface area contributed by atoms with Crippen molar-refractivity contribution in [2.24, 2.45) is 5.73 Å². The van der Waals surface area contributed by atoms with Gasteiger partial charge in [0.15, 0.2) is 0 Å². The molecule has 0 fully saturated rings. The summed E-state index contributed by atoms with van der Waals surface area (Å²) in [4.78, 5) is 2.34. The predicted octanol–water partition coefficient (Wildman–Crippen LogP) is 2.34. The molecule has 0 saturated carbocycles. The van der Waals surface area contributed by atoms with E-state index in [4.69, 9.17) is 15.9 Å². The zero-order chi connectivity index (χ0) is 14.5. The van der Waals surface area contributed by atoms with E-state index in [0.717, 1.165) is 26.1 Å². The fourth-order valence-corrected chi connectivity index (χ4v) is 2.67. The van der Waals surface area contributed by atoms with Gasteiger partial charge in [0, 0.05) is 25.6 Å². The first-order valence-corrected chi connectivity index (χ1v) is 7.34. The molecule has 1 aromatic rings. The number of ether oxygens (including phenoxy) is 1. The van der Waals surface area contributed by atoms with Gasteiger partial charge < -0.3 is 10.5 Å². The van der Waals surface area contributed by atoms with Gasteiger partial charge >= 0.3 is 0 Å². The van der Waals surface area contributed by atoms with Crippen LogP contribution in [0.4, 0.5) is 0 Å². The van der Waals surface area contributed by atoms with Crippen molar-refractivity contribution in [2.45, 2.75) is 38.8 Å². The Labute approximate surface area is 121 Å². The Morgan fingerprint density at radius 1 is 1.45 bits per heavy atom. The summed E-state index contributed by atoms with van der Waals surface area (Å²) in [6.45, 7) is 6.82. The summed E-state index contributed by atoms with van der Waals surface area (Å²) in [5.41, 5.74) is 8.19. The molecule has 20 heavy (non-hydrogen) atoms. The van der Waals surface area contributed by atoms with Crippen molar-refractivity contribution < 1.29 is 4.74 Å². The molecule has 1 heterocycles. The average molecular weight is 275 g/mol. The van der Waals surface area contributed by atoms with Gasteiger partial charge in [-0.25, -0.2) is 0 Å². The summed E-state index contributed by atoms with van der Waals surface area (Å²) in [5, 5.41) is 7.39. The second kappa shape index (κ2) is 6.86. The van der Waals surface area contributed by atoms with Crippen molar-refractivity contribution in [1.29, 1.82) is 5.41 Å². The van der Waals surface area contributed by atoms with Crippen molar-refractivity contribution in [3.63, 3.8) is 0 Å². The van der Waals surface area contributed by atoms with Crippen molar-refractivity contribution in [3.05, 3.63) is 35.4 Å². The average Bonchev–Trinajstić information content (AvgIpc) is 2.43. The molecule has 1 unspecified atom stereocenters. The number of hydrogen-bond acceptors (Lipinski definition) is 3. The lowest BCUT2D eigenvalue weighted by Crippen LogP contribution is -2.38. The molecule has 4 nitrogen and oxygen atoms in total. The number of fused-ring (bicyclic) bond motifs is 1. The molecule has 1 aliphatic heterocycles. The molecule has 0 saturated heterocycles. The predicted molar refractivity (Wildman–Crippen MR) is 82.1 cm³/mol. The number of benzene rings is 1. The van der Waals surface area contributed by atoms with Crippen LogP contribution in [0.2, 0.25) is 0 Å². The van der Waals surface area contributed by atoms with Crippen LogP contribution in [-0.2, 0) is 11.2 Å². The lowest BCUT2D eigenvalue weighted by molar-refractivity contribution is 0.00978. The maximum atomic E-state index is 7.39. The molecule has 0 amide bonds. The maximum absolute atomic E-state index is 7.39. The Morgan fingerprint density at radius 2 is 2.20 bits per heavy atom. The van der Waals surface area contributed by atoms with Gasteiger partial charge in [0.2, 0.25) is 0 Å². The van der Waals surface area contributed by atoms with Crippen LogP contribution in [0.5, 0.6) is 0 Å². The number of nitrogens with zero attached hydrogens (tertiary/aromatic N) is 1. The zero-order valence-corrected chi connectivity index (χ0v) is 12.4. The van der Waals surface area contributed by atoms with Crippen LogP contribution in [-0.4, -0.2) is 36.5 Å². The number of amidine groups is 1. The minimum Gasteiger partial charge on any atom is -0.388 e. The Hall–Kier alpha value is -1.39. The highest BCUT2D eigenvalue weighted by molar-refractivity contribution is 5.76. The largest absolute Gasteiger partial charge is 0.388 e. The van der Waals surface area contributed by atoms with Crippen molar-refractivity contribution in [1.82, 2.24) is 4.90 Å². The van der Waals surface area contributed by atoms with E-state index >= 15 is 0 Å². The Bertz CT molecular complexity index is 459. The number of rotatable bonds is 6. The van der Waals surface area contributed by atoms with Gasteiger partial charge in [0.05, 0.1) is 18.5 Å². The molecule has 1 aliphatic rings. The van der Waals surface area contributed by atoms with E-state index in [9.17, 15) is 0 Å². The third kappa shape index (κ3) is 3.81. The van der Waals surface area contributed by atoms with Gasteiger partial charge in [-0.3, -0.25) is 10.3 Å². The number of hydrogen-bond donors (Lipinski definition) is 2. The zero-order valence-electron chi connectivity index (χ0n) is 12.4. The van der Waals surface area contributed by atoms with Gasteiger partial charge in [-0.1, -0.05) is 24.3 Å². The first-order valence-electron chi connectivity index (χ1n) is 7.34. The summed E-state index contributed by atoms with van der Waals surface area (Å²) in [6.07, 6.45) is 1.75. The number of nitrogens with one attached hydrogen (secondary N) is 1. The Morgan fingerprint density at radius 3 is 2.90 bits per heavy atom. The molecule has 3 N–H and O–H groups in total. The van der Waals surface area contributed by atoms with Crippen LogP contribution in [0.15, 0.2) is 24.3 Å². The normalized spacial score (nSPS) is 18.3. The van der Waals surface area contributed by atoms with E-state index < -0.39 is 0 Å². The first-order chi connectivity index (χ1) is 9.58. The quantitative estimate of drug-likeness (QED) is 0.619. The molecule has 1 aromatic carbocycles. The second-order valence-corrected chi connectivity index (χ2v) is 5.67. The van der Waals surface area contributed by atoms with Crippen LogP contribution < -0.4 is 5.73 Å².